The Bertz CT molecular complexity index is 196. The van der Waals surface area contributed by atoms with Gasteiger partial charge in [-0.05, 0) is 30.2 Å². The molecular formula is C8H11NS. The number of aromatic nitrogens is 1. The van der Waals surface area contributed by atoms with Gasteiger partial charge in [0, 0.05) is 17.6 Å². The van der Waals surface area contributed by atoms with Gasteiger partial charge in [0.2, 0.25) is 0 Å². The highest BCUT2D eigenvalue weighted by Crippen LogP contribution is 2.22. The van der Waals surface area contributed by atoms with Crippen LogP contribution < -0.4 is 0 Å². The van der Waals surface area contributed by atoms with E-state index in [9.17, 15) is 0 Å². The van der Waals surface area contributed by atoms with E-state index in [-0.39, 0.29) is 0 Å². The molecule has 1 aliphatic rings. The predicted molar refractivity (Wildman–Crippen MR) is 45.3 cm³/mol. The van der Waals surface area contributed by atoms with Crippen molar-refractivity contribution >= 4 is 11.8 Å². The van der Waals surface area contributed by atoms with Gasteiger partial charge in [-0.1, -0.05) is 0 Å². The molecule has 0 radical (unpaired) electrons. The zero-order valence-electron chi connectivity index (χ0n) is 5.89. The number of H-pyrrole nitrogens is 1. The molecule has 0 amide bonds. The van der Waals surface area contributed by atoms with E-state index in [0.717, 1.165) is 0 Å². The van der Waals surface area contributed by atoms with Crippen LogP contribution in [0.2, 0.25) is 0 Å². The summed E-state index contributed by atoms with van der Waals surface area (Å²) >= 11 is 2.04. The number of thioether (sulfide) groups is 1. The first-order valence-corrected chi connectivity index (χ1v) is 4.85. The lowest BCUT2D eigenvalue weighted by molar-refractivity contribution is 0.903. The molecule has 10 heavy (non-hydrogen) atoms. The molecule has 1 nitrogen and oxygen atoms in total. The van der Waals surface area contributed by atoms with Gasteiger partial charge < -0.3 is 4.98 Å². The van der Waals surface area contributed by atoms with Crippen LogP contribution in [0.4, 0.5) is 0 Å². The largest absolute Gasteiger partial charge is 0.365 e. The van der Waals surface area contributed by atoms with Crippen LogP contribution in [0.5, 0.6) is 0 Å². The van der Waals surface area contributed by atoms with Crippen molar-refractivity contribution in [2.75, 3.05) is 5.75 Å². The molecular weight excluding hydrogens is 142 g/mol. The van der Waals surface area contributed by atoms with Crippen molar-refractivity contribution in [1.82, 2.24) is 4.98 Å². The molecule has 2 rings (SSSR count). The van der Waals surface area contributed by atoms with Crippen molar-refractivity contribution in [2.24, 2.45) is 0 Å². The van der Waals surface area contributed by atoms with Crippen LogP contribution in [0.3, 0.4) is 0 Å². The first-order chi connectivity index (χ1) is 4.97. The van der Waals surface area contributed by atoms with Gasteiger partial charge in [0.1, 0.15) is 0 Å². The second-order valence-electron chi connectivity index (χ2n) is 2.64. The minimum Gasteiger partial charge on any atom is -0.365 e. The van der Waals surface area contributed by atoms with E-state index in [1.54, 1.807) is 0 Å². The van der Waals surface area contributed by atoms with Gasteiger partial charge in [-0.2, -0.15) is 11.8 Å². The van der Waals surface area contributed by atoms with Crippen LogP contribution >= 0.6 is 11.8 Å². The summed E-state index contributed by atoms with van der Waals surface area (Å²) in [5.74, 6) is 2.53. The van der Waals surface area contributed by atoms with Crippen LogP contribution in [0.15, 0.2) is 12.3 Å². The highest BCUT2D eigenvalue weighted by Gasteiger charge is 2.06. The fraction of sp³-hybridized carbons (Fsp3) is 0.500. The standard InChI is InChI=1S/C8H11NS/c1-2-8-7(3-4-9-8)6-10-5-1/h3-4,9H,1-2,5-6H2. The highest BCUT2D eigenvalue weighted by molar-refractivity contribution is 7.98. The molecule has 0 saturated heterocycles. The normalized spacial score (nSPS) is 18.0. The molecule has 0 aliphatic carbocycles. The summed E-state index contributed by atoms with van der Waals surface area (Å²) in [4.78, 5) is 3.28. The zero-order chi connectivity index (χ0) is 6.81. The average Bonchev–Trinajstić information content (AvgIpc) is 2.28. The summed E-state index contributed by atoms with van der Waals surface area (Å²) < 4.78 is 0. The zero-order valence-corrected chi connectivity index (χ0v) is 6.71. The Morgan fingerprint density at radius 3 is 3.50 bits per heavy atom. The average molecular weight is 153 g/mol. The van der Waals surface area contributed by atoms with Gasteiger partial charge in [0.25, 0.3) is 0 Å². The van der Waals surface area contributed by atoms with E-state index >= 15 is 0 Å². The predicted octanol–water partition coefficient (Wildman–Crippen LogP) is 2.19. The Labute approximate surface area is 65.2 Å². The lowest BCUT2D eigenvalue weighted by Gasteiger charge is -1.93. The third-order valence-corrected chi connectivity index (χ3v) is 3.00. The minimum atomic E-state index is 1.21. The Morgan fingerprint density at radius 2 is 2.50 bits per heavy atom. The van der Waals surface area contributed by atoms with Crippen LogP contribution in [0.1, 0.15) is 17.7 Å². The van der Waals surface area contributed by atoms with E-state index in [1.165, 1.54) is 35.6 Å². The molecule has 0 unspecified atom stereocenters. The lowest BCUT2D eigenvalue weighted by atomic mass is 10.2. The first kappa shape index (κ1) is 6.35. The molecule has 0 saturated carbocycles. The second kappa shape index (κ2) is 2.70. The van der Waals surface area contributed by atoms with Crippen LogP contribution in [-0.2, 0) is 12.2 Å². The number of nitrogens with one attached hydrogen (secondary N) is 1. The van der Waals surface area contributed by atoms with Gasteiger partial charge in [-0.3, -0.25) is 0 Å². The quantitative estimate of drug-likeness (QED) is 0.604. The van der Waals surface area contributed by atoms with Gasteiger partial charge in [0.05, 0.1) is 0 Å². The van der Waals surface area contributed by atoms with Gasteiger partial charge in [-0.15, -0.1) is 0 Å². The first-order valence-electron chi connectivity index (χ1n) is 3.70. The Hall–Kier alpha value is -0.370. The summed E-state index contributed by atoms with van der Waals surface area (Å²) in [6, 6.07) is 2.20. The highest BCUT2D eigenvalue weighted by atomic mass is 32.2. The molecule has 1 aromatic rings. The third-order valence-electron chi connectivity index (χ3n) is 1.90. The van der Waals surface area contributed by atoms with E-state index in [2.05, 4.69) is 17.2 Å². The molecule has 1 aliphatic heterocycles. The van der Waals surface area contributed by atoms with E-state index in [4.69, 9.17) is 0 Å². The molecule has 1 N–H and O–H groups in total. The summed E-state index contributed by atoms with van der Waals surface area (Å²) in [5, 5.41) is 0. The Kier molecular flexibility index (Phi) is 1.72. The fourth-order valence-corrected chi connectivity index (χ4v) is 2.32. The number of hydrogen-bond acceptors (Lipinski definition) is 1. The van der Waals surface area contributed by atoms with Crippen LogP contribution in [-0.4, -0.2) is 10.7 Å². The molecule has 0 atom stereocenters. The lowest BCUT2D eigenvalue weighted by Crippen LogP contribution is -1.85. The molecule has 2 heteroatoms. The maximum absolute atomic E-state index is 3.28. The Balaban J connectivity index is 2.28. The maximum Gasteiger partial charge on any atom is 0.0202 e. The van der Waals surface area contributed by atoms with E-state index < -0.39 is 0 Å². The van der Waals surface area contributed by atoms with Crippen molar-refractivity contribution in [3.05, 3.63) is 23.5 Å². The monoisotopic (exact) mass is 153 g/mol. The van der Waals surface area contributed by atoms with E-state index in [0.29, 0.717) is 0 Å². The summed E-state index contributed by atoms with van der Waals surface area (Å²) in [6.45, 7) is 0. The summed E-state index contributed by atoms with van der Waals surface area (Å²) in [5.41, 5.74) is 2.98. The van der Waals surface area contributed by atoms with Crippen LogP contribution in [0.25, 0.3) is 0 Å². The minimum absolute atomic E-state index is 1.21. The molecule has 1 aromatic heterocycles. The second-order valence-corrected chi connectivity index (χ2v) is 3.74. The van der Waals surface area contributed by atoms with Crippen molar-refractivity contribution in [3.63, 3.8) is 0 Å². The fourth-order valence-electron chi connectivity index (χ4n) is 1.34. The van der Waals surface area contributed by atoms with Crippen molar-refractivity contribution in [2.45, 2.75) is 18.6 Å². The van der Waals surface area contributed by atoms with Gasteiger partial charge in [0.15, 0.2) is 0 Å². The number of aryl methyl sites for hydroxylation is 1. The van der Waals surface area contributed by atoms with Crippen molar-refractivity contribution < 1.29 is 0 Å². The van der Waals surface area contributed by atoms with Crippen molar-refractivity contribution in [1.29, 1.82) is 0 Å². The molecule has 2 heterocycles. The number of aromatic amines is 1. The maximum atomic E-state index is 3.28. The number of hydrogen-bond donors (Lipinski definition) is 1. The summed E-state index contributed by atoms with van der Waals surface area (Å²) in [6.07, 6.45) is 4.63. The van der Waals surface area contributed by atoms with Gasteiger partial charge in [-0.25, -0.2) is 0 Å². The third kappa shape index (κ3) is 1.08. The summed E-state index contributed by atoms with van der Waals surface area (Å²) in [7, 11) is 0. The van der Waals surface area contributed by atoms with Gasteiger partial charge >= 0.3 is 0 Å². The molecule has 0 spiro atoms. The smallest absolute Gasteiger partial charge is 0.0202 e. The molecule has 0 aromatic carbocycles. The van der Waals surface area contributed by atoms with Crippen LogP contribution in [0, 0.1) is 0 Å². The number of rotatable bonds is 0. The molecule has 54 valence electrons. The van der Waals surface area contributed by atoms with Crippen molar-refractivity contribution in [3.8, 4) is 0 Å². The SMILES string of the molecule is c1cc2c([nH]1)CCCSC2. The Morgan fingerprint density at radius 1 is 1.50 bits per heavy atom. The topological polar surface area (TPSA) is 15.8 Å². The van der Waals surface area contributed by atoms with E-state index in [1.807, 2.05) is 11.8 Å². The molecule has 0 fully saturated rings. The molecule has 0 bridgehead atoms. The number of fused-ring (bicyclic) bond motifs is 1.